The summed E-state index contributed by atoms with van der Waals surface area (Å²) in [7, 11) is 0. The lowest BCUT2D eigenvalue weighted by molar-refractivity contribution is -0.658. The van der Waals surface area contributed by atoms with E-state index in [-0.39, 0.29) is 5.91 Å². The molecule has 0 saturated carbocycles. The molecule has 1 fully saturated rings. The molecule has 0 aliphatic carbocycles. The summed E-state index contributed by atoms with van der Waals surface area (Å²) in [4.78, 5) is 2.79. The molecule has 0 amide bonds. The molecule has 0 bridgehead atoms. The Morgan fingerprint density at radius 2 is 1.60 bits per heavy atom. The minimum Gasteiger partial charge on any atom is -0.273 e. The predicted octanol–water partition coefficient (Wildman–Crippen LogP) is 2.53. The van der Waals surface area contributed by atoms with Crippen LogP contribution >= 0.6 is 0 Å². The van der Waals surface area contributed by atoms with Crippen LogP contribution in [0.5, 0.6) is 0 Å². The highest BCUT2D eigenvalue weighted by Gasteiger charge is 2.68. The molecule has 1 saturated heterocycles. The molecule has 0 radical (unpaired) electrons. The smallest absolute Gasteiger partial charge is 0.273 e. The molecule has 4 nitrogen and oxygen atoms in total. The molecule has 2 aromatic heterocycles. The number of hydrogen-bond donors (Lipinski definition) is 0. The molecular weight excluding hydrogens is 308 g/mol. The van der Waals surface area contributed by atoms with Gasteiger partial charge in [0.2, 0.25) is 0 Å². The molecule has 1 spiro atoms. The number of aromatic nitrogens is 2. The van der Waals surface area contributed by atoms with Crippen LogP contribution in [-0.4, -0.2) is 30.4 Å². The van der Waals surface area contributed by atoms with E-state index in [1.54, 1.807) is 17.1 Å². The van der Waals surface area contributed by atoms with E-state index in [0.717, 1.165) is 25.7 Å². The van der Waals surface area contributed by atoms with E-state index < -0.39 is 0 Å². The van der Waals surface area contributed by atoms with Gasteiger partial charge in [-0.1, -0.05) is 6.08 Å². The van der Waals surface area contributed by atoms with Gasteiger partial charge in [-0.3, -0.25) is 4.90 Å². The van der Waals surface area contributed by atoms with Gasteiger partial charge in [0, 0.05) is 41.3 Å². The lowest BCUT2D eigenvalue weighted by Gasteiger charge is -2.54. The van der Waals surface area contributed by atoms with E-state index in [2.05, 4.69) is 55.0 Å². The molecule has 0 aromatic carbocycles. The van der Waals surface area contributed by atoms with Crippen LogP contribution in [0.1, 0.15) is 42.0 Å². The largest absolute Gasteiger partial charge is 0.424 e. The van der Waals surface area contributed by atoms with Gasteiger partial charge < -0.3 is 0 Å². The first-order chi connectivity index (χ1) is 12.4. The van der Waals surface area contributed by atoms with Crippen LogP contribution in [0.2, 0.25) is 0 Å². The third-order valence-corrected chi connectivity index (χ3v) is 7.34. The molecule has 2 aromatic rings. The number of nitrogens with zero attached hydrogens (tertiary/aromatic N) is 4. The average Bonchev–Trinajstić information content (AvgIpc) is 3.38. The summed E-state index contributed by atoms with van der Waals surface area (Å²) in [6.45, 7) is 0. The van der Waals surface area contributed by atoms with Crippen molar-refractivity contribution >= 4 is 5.71 Å². The molecule has 25 heavy (non-hydrogen) atoms. The fraction of sp³-hybridized carbons (Fsp3) is 0.381. The maximum absolute atomic E-state index is 2.79. The minimum atomic E-state index is -0.208. The zero-order chi connectivity index (χ0) is 15.9. The Bertz CT molecular complexity index is 1120. The summed E-state index contributed by atoms with van der Waals surface area (Å²) in [6, 6.07) is 10.1. The summed E-state index contributed by atoms with van der Waals surface area (Å²) >= 11 is 0. The summed E-state index contributed by atoms with van der Waals surface area (Å²) in [5, 5.41) is 0. The molecule has 1 unspecified atom stereocenters. The average molecular weight is 327 g/mol. The van der Waals surface area contributed by atoms with Crippen molar-refractivity contribution < 1.29 is 4.58 Å². The molecule has 8 heterocycles. The van der Waals surface area contributed by atoms with Gasteiger partial charge in [0.25, 0.3) is 0 Å². The number of hydrogen-bond acceptors (Lipinski definition) is 1. The van der Waals surface area contributed by atoms with Gasteiger partial charge in [0.05, 0.1) is 25.3 Å². The lowest BCUT2D eigenvalue weighted by Crippen LogP contribution is -2.71. The van der Waals surface area contributed by atoms with Crippen molar-refractivity contribution in [3.63, 3.8) is 0 Å². The maximum Gasteiger partial charge on any atom is 0.424 e. The van der Waals surface area contributed by atoms with Crippen molar-refractivity contribution in [3.05, 3.63) is 70.6 Å². The van der Waals surface area contributed by atoms with Crippen molar-refractivity contribution in [2.75, 3.05) is 0 Å². The van der Waals surface area contributed by atoms with Gasteiger partial charge in [0.15, 0.2) is 11.4 Å². The zero-order valence-corrected chi connectivity index (χ0v) is 14.1. The highest BCUT2D eigenvalue weighted by atomic mass is 15.7. The third-order valence-electron chi connectivity index (χ3n) is 7.34. The van der Waals surface area contributed by atoms with E-state index in [1.165, 1.54) is 35.6 Å². The molecule has 8 rings (SSSR count). The normalized spacial score (nSPS) is 31.8. The Balaban J connectivity index is 1.64. The molecule has 6 aliphatic rings. The van der Waals surface area contributed by atoms with E-state index in [0.29, 0.717) is 6.04 Å². The second-order valence-corrected chi connectivity index (χ2v) is 8.39. The van der Waals surface area contributed by atoms with Crippen molar-refractivity contribution in [2.24, 2.45) is 0 Å². The van der Waals surface area contributed by atoms with Crippen LogP contribution in [-0.2, 0) is 25.2 Å². The Morgan fingerprint density at radius 3 is 2.40 bits per heavy atom. The van der Waals surface area contributed by atoms with Crippen LogP contribution in [0.25, 0.3) is 0 Å². The summed E-state index contributed by atoms with van der Waals surface area (Å²) in [5.74, 6) is -0.208. The topological polar surface area (TPSA) is 16.1 Å². The molecule has 0 N–H and O–H groups in total. The molecule has 6 aliphatic heterocycles. The summed E-state index contributed by atoms with van der Waals surface area (Å²) < 4.78 is 8.11. The first-order valence-corrected chi connectivity index (χ1v) is 9.58. The van der Waals surface area contributed by atoms with E-state index in [1.807, 2.05) is 0 Å². The van der Waals surface area contributed by atoms with E-state index in [9.17, 15) is 0 Å². The lowest BCUT2D eigenvalue weighted by atomic mass is 9.99. The number of rotatable bonds is 0. The van der Waals surface area contributed by atoms with E-state index in [4.69, 9.17) is 0 Å². The Hall–Kier alpha value is -2.49. The monoisotopic (exact) mass is 327 g/mol. The van der Waals surface area contributed by atoms with Gasteiger partial charge in [-0.15, -0.1) is 4.58 Å². The van der Waals surface area contributed by atoms with Gasteiger partial charge in [0.1, 0.15) is 0 Å². The van der Waals surface area contributed by atoms with Gasteiger partial charge in [-0.25, -0.2) is 9.13 Å². The number of allylic oxidation sites excluding steroid dienone is 2. The Kier molecular flexibility index (Phi) is 1.63. The Morgan fingerprint density at radius 1 is 0.880 bits per heavy atom. The third kappa shape index (κ3) is 1.02. The molecule has 2 atom stereocenters. The predicted molar refractivity (Wildman–Crippen MR) is 93.4 cm³/mol. The summed E-state index contributed by atoms with van der Waals surface area (Å²) in [6.07, 6.45) is 11.8. The zero-order valence-electron chi connectivity index (χ0n) is 14.1. The standard InChI is InChI=1S/C21H19N4/c1-2-14-10-16-5-6-18-12-20-8-7-19-11-17-4-3-15-9-13(1)22(14)21(23(15)17,24(16)18)25(19)20/h1-5,8,18H,6-7,9-12H2/q+1/t18?,21-/m0/s1. The second-order valence-electron chi connectivity index (χ2n) is 8.39. The quantitative estimate of drug-likeness (QED) is 0.679. The molecule has 4 heteroatoms. The molecular formula is C21H19N4+. The minimum absolute atomic E-state index is 0.208. The van der Waals surface area contributed by atoms with Crippen LogP contribution in [0.15, 0.2) is 47.8 Å². The van der Waals surface area contributed by atoms with Crippen molar-refractivity contribution in [1.82, 2.24) is 14.0 Å². The molecule has 122 valence electrons. The van der Waals surface area contributed by atoms with Gasteiger partial charge >= 0.3 is 5.91 Å². The maximum atomic E-state index is 2.79. The van der Waals surface area contributed by atoms with Crippen LogP contribution in [0.4, 0.5) is 0 Å². The fourth-order valence-corrected chi connectivity index (χ4v) is 6.65. The van der Waals surface area contributed by atoms with Crippen molar-refractivity contribution in [3.8, 4) is 0 Å². The van der Waals surface area contributed by atoms with Crippen molar-refractivity contribution in [2.45, 2.75) is 50.5 Å². The highest BCUT2D eigenvalue weighted by molar-refractivity contribution is 5.86. The van der Waals surface area contributed by atoms with Gasteiger partial charge in [-0.05, 0) is 36.8 Å². The Labute approximate surface area is 146 Å². The highest BCUT2D eigenvalue weighted by Crippen LogP contribution is 2.54. The van der Waals surface area contributed by atoms with E-state index >= 15 is 0 Å². The second kappa shape index (κ2) is 3.41. The van der Waals surface area contributed by atoms with Crippen LogP contribution in [0.3, 0.4) is 0 Å². The first-order valence-electron chi connectivity index (χ1n) is 9.58. The SMILES string of the molecule is C1=C2Cc3ccc4n3[C@]35N2C(C1)CC1=CCC(=[N+]13)Cc1ccc(n15)C4. The van der Waals surface area contributed by atoms with Crippen LogP contribution < -0.4 is 0 Å². The van der Waals surface area contributed by atoms with Crippen LogP contribution in [0, 0.1) is 0 Å². The first kappa shape index (κ1) is 12.0. The summed E-state index contributed by atoms with van der Waals surface area (Å²) in [5.41, 5.74) is 10.6. The van der Waals surface area contributed by atoms with Gasteiger partial charge in [-0.2, -0.15) is 0 Å². The fourth-order valence-electron chi connectivity index (χ4n) is 6.65. The van der Waals surface area contributed by atoms with Crippen molar-refractivity contribution in [1.29, 1.82) is 0 Å².